The Hall–Kier alpha value is -1.19. The van der Waals surface area contributed by atoms with E-state index < -0.39 is 0 Å². The van der Waals surface area contributed by atoms with Crippen molar-refractivity contribution in [3.63, 3.8) is 0 Å². The van der Waals surface area contributed by atoms with Crippen molar-refractivity contribution in [3.05, 3.63) is 69.4 Å². The molecule has 1 nitrogen and oxygen atoms in total. The maximum absolute atomic E-state index is 14.0. The van der Waals surface area contributed by atoms with E-state index in [9.17, 15) is 4.39 Å². The van der Waals surface area contributed by atoms with Gasteiger partial charge in [-0.3, -0.25) is 0 Å². The Labute approximate surface area is 115 Å². The fourth-order valence-corrected chi connectivity index (χ4v) is 2.29. The van der Waals surface area contributed by atoms with Gasteiger partial charge in [-0.2, -0.15) is 0 Å². The number of benzene rings is 2. The summed E-state index contributed by atoms with van der Waals surface area (Å²) in [5, 5.41) is 3.16. The lowest BCUT2D eigenvalue weighted by molar-refractivity contribution is 0.575. The van der Waals surface area contributed by atoms with Crippen LogP contribution in [0.25, 0.3) is 0 Å². The summed E-state index contributed by atoms with van der Waals surface area (Å²) in [6.45, 7) is 1.89. The normalized spacial score (nSPS) is 12.4. The molecule has 1 unspecified atom stereocenters. The van der Waals surface area contributed by atoms with Gasteiger partial charge in [0.25, 0.3) is 0 Å². The van der Waals surface area contributed by atoms with Crippen LogP contribution < -0.4 is 5.32 Å². The first-order chi connectivity index (χ1) is 8.61. The highest BCUT2D eigenvalue weighted by molar-refractivity contribution is 9.10. The van der Waals surface area contributed by atoms with E-state index in [1.54, 1.807) is 6.07 Å². The molecule has 0 aliphatic carbocycles. The highest BCUT2D eigenvalue weighted by Gasteiger charge is 2.15. The zero-order chi connectivity index (χ0) is 13.1. The van der Waals surface area contributed by atoms with E-state index >= 15 is 0 Å². The third kappa shape index (κ3) is 2.79. The van der Waals surface area contributed by atoms with E-state index in [1.165, 1.54) is 0 Å². The molecule has 0 bridgehead atoms. The number of hydrogen-bond donors (Lipinski definition) is 1. The molecule has 0 spiro atoms. The minimum atomic E-state index is -0.169. The van der Waals surface area contributed by atoms with E-state index in [-0.39, 0.29) is 11.9 Å². The lowest BCUT2D eigenvalue weighted by Crippen LogP contribution is -2.18. The average molecular weight is 308 g/mol. The van der Waals surface area contributed by atoms with E-state index in [2.05, 4.69) is 21.2 Å². The molecule has 2 rings (SSSR count). The fraction of sp³-hybridized carbons (Fsp3) is 0.200. The van der Waals surface area contributed by atoms with Gasteiger partial charge in [-0.25, -0.2) is 4.39 Å². The van der Waals surface area contributed by atoms with Crippen LogP contribution >= 0.6 is 15.9 Å². The van der Waals surface area contributed by atoms with Gasteiger partial charge in [-0.1, -0.05) is 40.2 Å². The van der Waals surface area contributed by atoms with Crippen LogP contribution in [0.5, 0.6) is 0 Å². The van der Waals surface area contributed by atoms with Gasteiger partial charge < -0.3 is 5.32 Å². The van der Waals surface area contributed by atoms with Gasteiger partial charge in [0.1, 0.15) is 5.82 Å². The van der Waals surface area contributed by atoms with Gasteiger partial charge in [0.15, 0.2) is 0 Å². The molecule has 2 aromatic carbocycles. The molecule has 0 radical (unpaired) electrons. The Bertz CT molecular complexity index is 537. The first-order valence-corrected chi connectivity index (χ1v) is 6.60. The van der Waals surface area contributed by atoms with E-state index in [0.717, 1.165) is 15.6 Å². The third-order valence-electron chi connectivity index (χ3n) is 2.96. The first-order valence-electron chi connectivity index (χ1n) is 5.80. The van der Waals surface area contributed by atoms with Crippen LogP contribution in [0.4, 0.5) is 4.39 Å². The zero-order valence-corrected chi connectivity index (χ0v) is 12.0. The average Bonchev–Trinajstić information content (AvgIpc) is 2.35. The maximum atomic E-state index is 14.0. The second-order valence-electron chi connectivity index (χ2n) is 4.30. The molecule has 18 heavy (non-hydrogen) atoms. The van der Waals surface area contributed by atoms with Crippen LogP contribution in [0.3, 0.4) is 0 Å². The minimum Gasteiger partial charge on any atom is -0.309 e. The lowest BCUT2D eigenvalue weighted by Gasteiger charge is -2.18. The van der Waals surface area contributed by atoms with E-state index in [0.29, 0.717) is 5.56 Å². The fourth-order valence-electron chi connectivity index (χ4n) is 2.02. The lowest BCUT2D eigenvalue weighted by atomic mass is 9.97. The molecule has 0 aliphatic rings. The smallest absolute Gasteiger partial charge is 0.128 e. The van der Waals surface area contributed by atoms with Gasteiger partial charge in [0.05, 0.1) is 6.04 Å². The quantitative estimate of drug-likeness (QED) is 0.896. The van der Waals surface area contributed by atoms with Crippen molar-refractivity contribution in [2.45, 2.75) is 13.0 Å². The highest BCUT2D eigenvalue weighted by Crippen LogP contribution is 2.25. The first kappa shape index (κ1) is 13.2. The Morgan fingerprint density at radius 2 is 1.78 bits per heavy atom. The summed E-state index contributed by atoms with van der Waals surface area (Å²) >= 11 is 3.40. The molecular formula is C15H15BrFN. The summed E-state index contributed by atoms with van der Waals surface area (Å²) in [5.74, 6) is -0.169. The Balaban J connectivity index is 2.41. The molecule has 1 atom stereocenters. The van der Waals surface area contributed by atoms with Crippen LogP contribution in [-0.2, 0) is 0 Å². The molecule has 0 fully saturated rings. The predicted octanol–water partition coefficient (Wildman–Crippen LogP) is 4.21. The van der Waals surface area contributed by atoms with Crippen molar-refractivity contribution in [1.29, 1.82) is 0 Å². The predicted molar refractivity (Wildman–Crippen MR) is 76.2 cm³/mol. The Kier molecular flexibility index (Phi) is 4.15. The monoisotopic (exact) mass is 307 g/mol. The number of hydrogen-bond acceptors (Lipinski definition) is 1. The largest absolute Gasteiger partial charge is 0.309 e. The van der Waals surface area contributed by atoms with Crippen LogP contribution in [-0.4, -0.2) is 7.05 Å². The maximum Gasteiger partial charge on any atom is 0.128 e. The summed E-state index contributed by atoms with van der Waals surface area (Å²) < 4.78 is 15.0. The number of halogens is 2. The van der Waals surface area contributed by atoms with E-state index in [4.69, 9.17) is 0 Å². The second kappa shape index (κ2) is 5.63. The Morgan fingerprint density at radius 1 is 1.11 bits per heavy atom. The second-order valence-corrected chi connectivity index (χ2v) is 5.21. The minimum absolute atomic E-state index is 0.126. The molecule has 2 aromatic rings. The molecule has 0 saturated carbocycles. The number of nitrogens with one attached hydrogen (secondary N) is 1. The van der Waals surface area contributed by atoms with Gasteiger partial charge in [-0.05, 0) is 43.3 Å². The SMILES string of the molecule is CNC(c1ccc(Br)cc1)c1ccc(C)cc1F. The van der Waals surface area contributed by atoms with Gasteiger partial charge >= 0.3 is 0 Å². The topological polar surface area (TPSA) is 12.0 Å². The molecule has 3 heteroatoms. The van der Waals surface area contributed by atoms with Gasteiger partial charge in [-0.15, -0.1) is 0 Å². The summed E-state index contributed by atoms with van der Waals surface area (Å²) in [6.07, 6.45) is 0. The Morgan fingerprint density at radius 3 is 2.33 bits per heavy atom. The van der Waals surface area contributed by atoms with Crippen LogP contribution in [0, 0.1) is 12.7 Å². The number of aryl methyl sites for hydroxylation is 1. The third-order valence-corrected chi connectivity index (χ3v) is 3.49. The van der Waals surface area contributed by atoms with Crippen molar-refractivity contribution in [2.24, 2.45) is 0 Å². The number of rotatable bonds is 3. The molecule has 0 aliphatic heterocycles. The van der Waals surface area contributed by atoms with Gasteiger partial charge in [0.2, 0.25) is 0 Å². The summed E-state index contributed by atoms with van der Waals surface area (Å²) in [7, 11) is 1.84. The summed E-state index contributed by atoms with van der Waals surface area (Å²) in [4.78, 5) is 0. The summed E-state index contributed by atoms with van der Waals surface area (Å²) in [5.41, 5.74) is 2.65. The molecule has 1 N–H and O–H groups in total. The van der Waals surface area contributed by atoms with Crippen LogP contribution in [0.1, 0.15) is 22.7 Å². The molecule has 0 heterocycles. The van der Waals surface area contributed by atoms with Crippen molar-refractivity contribution in [3.8, 4) is 0 Å². The standard InChI is InChI=1S/C15H15BrFN/c1-10-3-8-13(14(17)9-10)15(18-2)11-4-6-12(16)7-5-11/h3-9,15,18H,1-2H3. The van der Waals surface area contributed by atoms with E-state index in [1.807, 2.05) is 50.4 Å². The molecule has 0 amide bonds. The van der Waals surface area contributed by atoms with Crippen LogP contribution in [0.15, 0.2) is 46.9 Å². The molecule has 94 valence electrons. The highest BCUT2D eigenvalue weighted by atomic mass is 79.9. The molecular weight excluding hydrogens is 293 g/mol. The van der Waals surface area contributed by atoms with Crippen LogP contribution in [0.2, 0.25) is 0 Å². The zero-order valence-electron chi connectivity index (χ0n) is 10.4. The summed E-state index contributed by atoms with van der Waals surface area (Å²) in [6, 6.07) is 13.1. The van der Waals surface area contributed by atoms with Gasteiger partial charge in [0, 0.05) is 10.0 Å². The molecule has 0 saturated heterocycles. The van der Waals surface area contributed by atoms with Crippen molar-refractivity contribution in [2.75, 3.05) is 7.05 Å². The van der Waals surface area contributed by atoms with Crippen molar-refractivity contribution >= 4 is 15.9 Å². The molecule has 0 aromatic heterocycles. The van der Waals surface area contributed by atoms with Crippen molar-refractivity contribution in [1.82, 2.24) is 5.32 Å². The van der Waals surface area contributed by atoms with Crippen molar-refractivity contribution < 1.29 is 4.39 Å².